The Labute approximate surface area is 190 Å². The molecule has 1 saturated heterocycles. The summed E-state index contributed by atoms with van der Waals surface area (Å²) < 4.78 is 4.91. The number of guanidine groups is 1. The predicted molar refractivity (Wildman–Crippen MR) is 125 cm³/mol. The molecule has 2 atom stereocenters. The van der Waals surface area contributed by atoms with Gasteiger partial charge in [-0.15, -0.1) is 24.0 Å². The van der Waals surface area contributed by atoms with Gasteiger partial charge in [-0.2, -0.15) is 0 Å². The molecular formula is C21H33IN4O3. The summed E-state index contributed by atoms with van der Waals surface area (Å²) in [5.41, 5.74) is 1.10. The molecule has 1 heterocycles. The van der Waals surface area contributed by atoms with Gasteiger partial charge in [-0.05, 0) is 25.3 Å². The molecule has 0 radical (unpaired) electrons. The number of nitrogens with zero attached hydrogens (tertiary/aromatic N) is 3. The number of nitrogens with one attached hydrogen (secondary N) is 1. The standard InChI is InChI=1S/C21H32N4O3.HI/c1-5-22-21(25-13-16(3)18(15-25)20(27)28-4)23-12-19(26)24(6-2)14-17-10-8-7-9-11-17;/h7-11,16,18H,5-6,12-15H2,1-4H3,(H,22,23);1H. The summed E-state index contributed by atoms with van der Waals surface area (Å²) in [5, 5.41) is 3.24. The summed E-state index contributed by atoms with van der Waals surface area (Å²) in [6.45, 7) is 9.24. The van der Waals surface area contributed by atoms with Gasteiger partial charge in [0.1, 0.15) is 6.54 Å². The summed E-state index contributed by atoms with van der Waals surface area (Å²) >= 11 is 0. The summed E-state index contributed by atoms with van der Waals surface area (Å²) in [6.07, 6.45) is 0. The molecule has 0 saturated carbocycles. The zero-order chi connectivity index (χ0) is 20.5. The Kier molecular flexibility index (Phi) is 11.0. The molecule has 1 aliphatic heterocycles. The van der Waals surface area contributed by atoms with Crippen LogP contribution in [0, 0.1) is 11.8 Å². The Bertz CT molecular complexity index is 684. The van der Waals surface area contributed by atoms with Crippen molar-refractivity contribution in [3.05, 3.63) is 35.9 Å². The van der Waals surface area contributed by atoms with Gasteiger partial charge in [0.15, 0.2) is 5.96 Å². The normalized spacial score (nSPS) is 18.8. The highest BCUT2D eigenvalue weighted by Crippen LogP contribution is 2.24. The number of likely N-dealkylation sites (tertiary alicyclic amines) is 1. The quantitative estimate of drug-likeness (QED) is 0.261. The van der Waals surface area contributed by atoms with Crippen molar-refractivity contribution in [3.63, 3.8) is 0 Å². The van der Waals surface area contributed by atoms with Crippen molar-refractivity contribution in [2.24, 2.45) is 16.8 Å². The topological polar surface area (TPSA) is 74.2 Å². The number of amides is 1. The molecule has 29 heavy (non-hydrogen) atoms. The Hall–Kier alpha value is -1.84. The monoisotopic (exact) mass is 516 g/mol. The minimum atomic E-state index is -0.193. The van der Waals surface area contributed by atoms with Crippen molar-refractivity contribution in [2.75, 3.05) is 39.8 Å². The number of ether oxygens (including phenoxy) is 1. The van der Waals surface area contributed by atoms with Gasteiger partial charge < -0.3 is 19.9 Å². The fourth-order valence-electron chi connectivity index (χ4n) is 3.45. The summed E-state index contributed by atoms with van der Waals surface area (Å²) in [4.78, 5) is 33.0. The van der Waals surface area contributed by atoms with Gasteiger partial charge in [-0.3, -0.25) is 9.59 Å². The number of halogens is 1. The molecule has 0 spiro atoms. The summed E-state index contributed by atoms with van der Waals surface area (Å²) in [6, 6.07) is 9.94. The number of methoxy groups -OCH3 is 1. The fourth-order valence-corrected chi connectivity index (χ4v) is 3.45. The van der Waals surface area contributed by atoms with Crippen molar-refractivity contribution in [1.29, 1.82) is 0 Å². The maximum absolute atomic E-state index is 12.7. The second kappa shape index (κ2) is 12.7. The Morgan fingerprint density at radius 3 is 2.52 bits per heavy atom. The highest BCUT2D eigenvalue weighted by atomic mass is 127. The van der Waals surface area contributed by atoms with Crippen LogP contribution in [-0.4, -0.2) is 67.5 Å². The summed E-state index contributed by atoms with van der Waals surface area (Å²) in [7, 11) is 1.42. The molecule has 1 aromatic carbocycles. The van der Waals surface area contributed by atoms with Crippen LogP contribution in [0.4, 0.5) is 0 Å². The predicted octanol–water partition coefficient (Wildman–Crippen LogP) is 2.36. The number of benzene rings is 1. The lowest BCUT2D eigenvalue weighted by Gasteiger charge is -2.23. The van der Waals surface area contributed by atoms with Crippen LogP contribution in [0.3, 0.4) is 0 Å². The van der Waals surface area contributed by atoms with E-state index in [1.807, 2.05) is 56.0 Å². The Morgan fingerprint density at radius 2 is 1.93 bits per heavy atom. The molecule has 0 aliphatic carbocycles. The van der Waals surface area contributed by atoms with Crippen molar-refractivity contribution in [1.82, 2.24) is 15.1 Å². The summed E-state index contributed by atoms with van der Waals surface area (Å²) in [5.74, 6) is 0.470. The lowest BCUT2D eigenvalue weighted by molar-refractivity contribution is -0.146. The number of carbonyl (C=O) groups excluding carboxylic acids is 2. The van der Waals surface area contributed by atoms with Gasteiger partial charge in [-0.1, -0.05) is 37.3 Å². The van der Waals surface area contributed by atoms with Crippen molar-refractivity contribution < 1.29 is 14.3 Å². The van der Waals surface area contributed by atoms with E-state index in [1.165, 1.54) is 7.11 Å². The molecule has 1 N–H and O–H groups in total. The zero-order valence-electron chi connectivity index (χ0n) is 17.8. The van der Waals surface area contributed by atoms with Crippen LogP contribution in [0.5, 0.6) is 0 Å². The lowest BCUT2D eigenvalue weighted by atomic mass is 9.99. The van der Waals surface area contributed by atoms with E-state index < -0.39 is 0 Å². The number of hydrogen-bond acceptors (Lipinski definition) is 4. The number of esters is 1. The van der Waals surface area contributed by atoms with Crippen molar-refractivity contribution in [3.8, 4) is 0 Å². The van der Waals surface area contributed by atoms with Crippen LogP contribution in [0.2, 0.25) is 0 Å². The molecule has 0 bridgehead atoms. The highest BCUT2D eigenvalue weighted by Gasteiger charge is 2.36. The van der Waals surface area contributed by atoms with Gasteiger partial charge in [-0.25, -0.2) is 4.99 Å². The first-order valence-corrected chi connectivity index (χ1v) is 9.92. The maximum Gasteiger partial charge on any atom is 0.310 e. The number of carbonyl (C=O) groups is 2. The van der Waals surface area contributed by atoms with Gasteiger partial charge in [0.25, 0.3) is 0 Å². The molecule has 1 aromatic rings. The van der Waals surface area contributed by atoms with Gasteiger partial charge in [0.05, 0.1) is 13.0 Å². The maximum atomic E-state index is 12.7. The largest absolute Gasteiger partial charge is 0.469 e. The average molecular weight is 516 g/mol. The molecule has 1 aliphatic rings. The average Bonchev–Trinajstić information content (AvgIpc) is 3.10. The minimum Gasteiger partial charge on any atom is -0.469 e. The van der Waals surface area contributed by atoms with E-state index in [1.54, 1.807) is 4.90 Å². The lowest BCUT2D eigenvalue weighted by Crippen LogP contribution is -2.41. The zero-order valence-corrected chi connectivity index (χ0v) is 20.1. The van der Waals surface area contributed by atoms with Crippen LogP contribution in [-0.2, 0) is 20.9 Å². The highest BCUT2D eigenvalue weighted by molar-refractivity contribution is 14.0. The second-order valence-corrected chi connectivity index (χ2v) is 7.08. The first-order valence-electron chi connectivity index (χ1n) is 9.92. The number of aliphatic imine (C=N–C) groups is 1. The van der Waals surface area contributed by atoms with E-state index in [2.05, 4.69) is 10.3 Å². The van der Waals surface area contributed by atoms with Crippen LogP contribution in [0.1, 0.15) is 26.3 Å². The Balaban J connectivity index is 0.00000420. The molecule has 0 aromatic heterocycles. The van der Waals surface area contributed by atoms with Crippen LogP contribution >= 0.6 is 24.0 Å². The van der Waals surface area contributed by atoms with E-state index >= 15 is 0 Å². The van der Waals surface area contributed by atoms with Crippen LogP contribution in [0.25, 0.3) is 0 Å². The van der Waals surface area contributed by atoms with Gasteiger partial charge >= 0.3 is 5.97 Å². The van der Waals surface area contributed by atoms with E-state index in [0.29, 0.717) is 38.7 Å². The number of hydrogen-bond donors (Lipinski definition) is 1. The third-order valence-corrected chi connectivity index (χ3v) is 5.07. The molecule has 8 heteroatoms. The van der Waals surface area contributed by atoms with E-state index in [0.717, 1.165) is 5.56 Å². The molecular weight excluding hydrogens is 483 g/mol. The van der Waals surface area contributed by atoms with E-state index in [9.17, 15) is 9.59 Å². The van der Waals surface area contributed by atoms with Crippen LogP contribution < -0.4 is 5.32 Å². The molecule has 1 fully saturated rings. The molecule has 7 nitrogen and oxygen atoms in total. The number of likely N-dealkylation sites (N-methyl/N-ethyl adjacent to an activating group) is 1. The molecule has 1 amide bonds. The first-order chi connectivity index (χ1) is 13.5. The molecule has 162 valence electrons. The second-order valence-electron chi connectivity index (χ2n) is 7.08. The smallest absolute Gasteiger partial charge is 0.310 e. The first kappa shape index (κ1) is 25.2. The molecule has 2 unspecified atom stereocenters. The Morgan fingerprint density at radius 1 is 1.24 bits per heavy atom. The fraction of sp³-hybridized carbons (Fsp3) is 0.571. The molecule has 2 rings (SSSR count). The van der Waals surface area contributed by atoms with E-state index in [4.69, 9.17) is 4.74 Å². The number of rotatable bonds is 7. The minimum absolute atomic E-state index is 0. The SMILES string of the molecule is CCNC(=NCC(=O)N(CC)Cc1ccccc1)N1CC(C)C(C(=O)OC)C1.I. The van der Waals surface area contributed by atoms with Gasteiger partial charge in [0, 0.05) is 32.7 Å². The van der Waals surface area contributed by atoms with Crippen molar-refractivity contribution >= 4 is 41.8 Å². The van der Waals surface area contributed by atoms with Gasteiger partial charge in [0.2, 0.25) is 5.91 Å². The van der Waals surface area contributed by atoms with E-state index in [-0.39, 0.29) is 54.2 Å². The van der Waals surface area contributed by atoms with Crippen molar-refractivity contribution in [2.45, 2.75) is 27.3 Å². The third kappa shape index (κ3) is 7.17. The third-order valence-electron chi connectivity index (χ3n) is 5.07. The van der Waals surface area contributed by atoms with Crippen LogP contribution in [0.15, 0.2) is 35.3 Å².